The van der Waals surface area contributed by atoms with Gasteiger partial charge in [-0.3, -0.25) is 4.98 Å². The molecule has 2 aromatic rings. The van der Waals surface area contributed by atoms with Crippen molar-refractivity contribution < 1.29 is 0 Å². The smallest absolute Gasteiger partial charge is 0.0710 e. The van der Waals surface area contributed by atoms with Crippen molar-refractivity contribution in [3.05, 3.63) is 72.0 Å². The Hall–Kier alpha value is -2.15. The highest BCUT2D eigenvalue weighted by molar-refractivity contribution is 5.77. The predicted molar refractivity (Wildman–Crippen MR) is 101 cm³/mol. The van der Waals surface area contributed by atoms with Gasteiger partial charge in [0, 0.05) is 11.8 Å². The van der Waals surface area contributed by atoms with Gasteiger partial charge in [-0.05, 0) is 47.6 Å². The SMILES string of the molecule is C/C=C\C(=C/C(C)C)c1ccnc(-c2ccccc2C(C)C)c1. The first kappa shape index (κ1) is 17.2. The summed E-state index contributed by atoms with van der Waals surface area (Å²) in [5.74, 6) is 0.999. The normalized spacial score (nSPS) is 12.6. The average Bonchev–Trinajstić information content (AvgIpc) is 2.54. The van der Waals surface area contributed by atoms with Crippen molar-refractivity contribution in [2.24, 2.45) is 5.92 Å². The molecule has 1 nitrogen and oxygen atoms in total. The van der Waals surface area contributed by atoms with E-state index in [2.05, 4.69) is 94.2 Å². The van der Waals surface area contributed by atoms with Crippen LogP contribution in [-0.4, -0.2) is 4.98 Å². The molecule has 0 saturated carbocycles. The van der Waals surface area contributed by atoms with E-state index < -0.39 is 0 Å². The van der Waals surface area contributed by atoms with E-state index in [1.165, 1.54) is 22.3 Å². The van der Waals surface area contributed by atoms with Crippen molar-refractivity contribution in [3.63, 3.8) is 0 Å². The summed E-state index contributed by atoms with van der Waals surface area (Å²) < 4.78 is 0. The monoisotopic (exact) mass is 305 g/mol. The number of rotatable bonds is 5. The summed E-state index contributed by atoms with van der Waals surface area (Å²) in [5, 5.41) is 0. The Bertz CT molecular complexity index is 705. The molecular formula is C22H27N. The Balaban J connectivity index is 2.53. The topological polar surface area (TPSA) is 12.9 Å². The van der Waals surface area contributed by atoms with Crippen LogP contribution in [0, 0.1) is 5.92 Å². The summed E-state index contributed by atoms with van der Waals surface area (Å²) in [5.41, 5.74) is 6.10. The van der Waals surface area contributed by atoms with Crippen LogP contribution in [0.2, 0.25) is 0 Å². The summed E-state index contributed by atoms with van der Waals surface area (Å²) in [6.45, 7) is 10.9. The third kappa shape index (κ3) is 4.41. The lowest BCUT2D eigenvalue weighted by Crippen LogP contribution is -1.95. The van der Waals surface area contributed by atoms with Crippen molar-refractivity contribution in [3.8, 4) is 11.3 Å². The van der Waals surface area contributed by atoms with E-state index in [1.807, 2.05) is 6.20 Å². The molecule has 0 aliphatic rings. The molecule has 1 heterocycles. The van der Waals surface area contributed by atoms with Gasteiger partial charge in [-0.1, -0.05) is 70.2 Å². The summed E-state index contributed by atoms with van der Waals surface area (Å²) in [6.07, 6.45) is 8.48. The fourth-order valence-electron chi connectivity index (χ4n) is 2.78. The van der Waals surface area contributed by atoms with Gasteiger partial charge in [-0.15, -0.1) is 0 Å². The van der Waals surface area contributed by atoms with E-state index in [9.17, 15) is 0 Å². The van der Waals surface area contributed by atoms with Crippen LogP contribution in [0.5, 0.6) is 0 Å². The lowest BCUT2D eigenvalue weighted by molar-refractivity contribution is 0.834. The van der Waals surface area contributed by atoms with Crippen LogP contribution < -0.4 is 0 Å². The fourth-order valence-corrected chi connectivity index (χ4v) is 2.78. The first-order chi connectivity index (χ1) is 11.0. The molecule has 1 aromatic heterocycles. The maximum absolute atomic E-state index is 4.62. The van der Waals surface area contributed by atoms with E-state index in [1.54, 1.807) is 0 Å². The average molecular weight is 305 g/mol. The van der Waals surface area contributed by atoms with E-state index in [-0.39, 0.29) is 0 Å². The van der Waals surface area contributed by atoms with E-state index >= 15 is 0 Å². The van der Waals surface area contributed by atoms with Crippen LogP contribution in [0.1, 0.15) is 51.7 Å². The molecule has 0 atom stereocenters. The molecule has 0 aliphatic carbocycles. The molecule has 0 amide bonds. The van der Waals surface area contributed by atoms with Crippen molar-refractivity contribution in [1.29, 1.82) is 0 Å². The number of benzene rings is 1. The van der Waals surface area contributed by atoms with Gasteiger partial charge >= 0.3 is 0 Å². The molecule has 23 heavy (non-hydrogen) atoms. The quantitative estimate of drug-likeness (QED) is 0.575. The Kier molecular flexibility index (Phi) is 5.92. The second kappa shape index (κ2) is 7.92. The van der Waals surface area contributed by atoms with Gasteiger partial charge in [0.15, 0.2) is 0 Å². The largest absolute Gasteiger partial charge is 0.256 e. The Morgan fingerprint density at radius 3 is 2.43 bits per heavy atom. The van der Waals surface area contributed by atoms with Crippen LogP contribution in [-0.2, 0) is 0 Å². The molecule has 2 rings (SSSR count). The van der Waals surface area contributed by atoms with Crippen LogP contribution in [0.4, 0.5) is 0 Å². The lowest BCUT2D eigenvalue weighted by atomic mass is 9.93. The molecule has 0 bridgehead atoms. The molecule has 1 heteroatoms. The minimum Gasteiger partial charge on any atom is -0.256 e. The number of hydrogen-bond acceptors (Lipinski definition) is 1. The third-order valence-electron chi connectivity index (χ3n) is 3.81. The van der Waals surface area contributed by atoms with Crippen LogP contribution in [0.15, 0.2) is 60.8 Å². The van der Waals surface area contributed by atoms with Gasteiger partial charge in [0.25, 0.3) is 0 Å². The van der Waals surface area contributed by atoms with Crippen molar-refractivity contribution in [2.75, 3.05) is 0 Å². The first-order valence-electron chi connectivity index (χ1n) is 8.43. The van der Waals surface area contributed by atoms with E-state index in [0.717, 1.165) is 5.69 Å². The molecule has 0 N–H and O–H groups in total. The molecular weight excluding hydrogens is 278 g/mol. The van der Waals surface area contributed by atoms with Gasteiger partial charge in [-0.2, -0.15) is 0 Å². The number of nitrogens with zero attached hydrogens (tertiary/aromatic N) is 1. The molecule has 1 aromatic carbocycles. The Morgan fingerprint density at radius 1 is 1.04 bits per heavy atom. The summed E-state index contributed by atoms with van der Waals surface area (Å²) in [4.78, 5) is 4.62. The van der Waals surface area contributed by atoms with Gasteiger partial charge in [0.1, 0.15) is 0 Å². The highest BCUT2D eigenvalue weighted by Gasteiger charge is 2.10. The predicted octanol–water partition coefficient (Wildman–Crippen LogP) is 6.49. The van der Waals surface area contributed by atoms with Crippen molar-refractivity contribution in [2.45, 2.75) is 40.5 Å². The molecule has 0 spiro atoms. The van der Waals surface area contributed by atoms with Gasteiger partial charge in [-0.25, -0.2) is 0 Å². The highest BCUT2D eigenvalue weighted by atomic mass is 14.7. The van der Waals surface area contributed by atoms with Crippen molar-refractivity contribution in [1.82, 2.24) is 4.98 Å². The number of aromatic nitrogens is 1. The maximum atomic E-state index is 4.62. The molecule has 0 saturated heterocycles. The van der Waals surface area contributed by atoms with Gasteiger partial charge in [0.2, 0.25) is 0 Å². The minimum absolute atomic E-state index is 0.484. The highest BCUT2D eigenvalue weighted by Crippen LogP contribution is 2.29. The van der Waals surface area contributed by atoms with Gasteiger partial charge in [0.05, 0.1) is 5.69 Å². The second-order valence-electron chi connectivity index (χ2n) is 6.54. The summed E-state index contributed by atoms with van der Waals surface area (Å²) in [7, 11) is 0. The van der Waals surface area contributed by atoms with E-state index in [0.29, 0.717) is 11.8 Å². The Labute approximate surface area is 140 Å². The van der Waals surface area contributed by atoms with Crippen LogP contribution in [0.3, 0.4) is 0 Å². The zero-order valence-electron chi connectivity index (χ0n) is 14.9. The minimum atomic E-state index is 0.484. The molecule has 0 unspecified atom stereocenters. The molecule has 0 radical (unpaired) electrons. The molecule has 0 aliphatic heterocycles. The van der Waals surface area contributed by atoms with E-state index in [4.69, 9.17) is 0 Å². The Morgan fingerprint density at radius 2 is 1.78 bits per heavy atom. The second-order valence-corrected chi connectivity index (χ2v) is 6.54. The van der Waals surface area contributed by atoms with Crippen LogP contribution in [0.25, 0.3) is 16.8 Å². The molecule has 120 valence electrons. The number of pyridine rings is 1. The van der Waals surface area contributed by atoms with Crippen molar-refractivity contribution >= 4 is 5.57 Å². The zero-order chi connectivity index (χ0) is 16.8. The van der Waals surface area contributed by atoms with Gasteiger partial charge < -0.3 is 0 Å². The standard InChI is InChI=1S/C22H27N/c1-6-9-18(14-16(2)3)19-12-13-23-22(15-19)21-11-8-7-10-20(21)17(4)5/h6-17H,1-5H3/b9-6-,18-14+. The van der Waals surface area contributed by atoms with Crippen LogP contribution >= 0.6 is 0 Å². The molecule has 0 fully saturated rings. The third-order valence-corrected chi connectivity index (χ3v) is 3.81. The maximum Gasteiger partial charge on any atom is 0.0710 e. The first-order valence-corrected chi connectivity index (χ1v) is 8.43. The summed E-state index contributed by atoms with van der Waals surface area (Å²) >= 11 is 0. The number of allylic oxidation sites excluding steroid dienone is 4. The zero-order valence-corrected chi connectivity index (χ0v) is 14.9. The summed E-state index contributed by atoms with van der Waals surface area (Å²) in [6, 6.07) is 12.9. The number of hydrogen-bond donors (Lipinski definition) is 0. The fraction of sp³-hybridized carbons (Fsp3) is 0.318. The lowest BCUT2D eigenvalue weighted by Gasteiger charge is -2.13.